The highest BCUT2D eigenvalue weighted by molar-refractivity contribution is 7.10. The van der Waals surface area contributed by atoms with Crippen LogP contribution in [0.25, 0.3) is 0 Å². The molecule has 3 aromatic rings. The molecule has 0 nitrogen and oxygen atoms in total. The Morgan fingerprint density at radius 3 is 1.35 bits per heavy atom. The van der Waals surface area contributed by atoms with E-state index in [0.29, 0.717) is 0 Å². The summed E-state index contributed by atoms with van der Waals surface area (Å²) in [5.41, 5.74) is 3.53. The molecule has 2 heteroatoms. The molecule has 0 bridgehead atoms. The van der Waals surface area contributed by atoms with Crippen LogP contribution in [0, 0.1) is 47.4 Å². The zero-order valence-corrected chi connectivity index (χ0v) is 16.1. The van der Waals surface area contributed by atoms with E-state index in [4.69, 9.17) is 0 Å². The van der Waals surface area contributed by atoms with Gasteiger partial charge in [0.2, 0.25) is 0 Å². The summed E-state index contributed by atoms with van der Waals surface area (Å²) in [6.07, 6.45) is 0. The lowest BCUT2D eigenvalue weighted by atomic mass is 9.98. The van der Waals surface area contributed by atoms with Gasteiger partial charge in [0.25, 0.3) is 0 Å². The van der Waals surface area contributed by atoms with Crippen molar-refractivity contribution >= 4 is 22.7 Å². The Hall–Kier alpha value is -3.14. The van der Waals surface area contributed by atoms with E-state index in [1.54, 1.807) is 22.7 Å². The van der Waals surface area contributed by atoms with Gasteiger partial charge in [-0.15, -0.1) is 34.5 Å². The van der Waals surface area contributed by atoms with E-state index < -0.39 is 0 Å². The summed E-state index contributed by atoms with van der Waals surface area (Å²) in [4.78, 5) is 2.06. The number of thiophene rings is 2. The molecule has 0 amide bonds. The van der Waals surface area contributed by atoms with Crippen LogP contribution in [-0.2, 0) is 0 Å². The van der Waals surface area contributed by atoms with Gasteiger partial charge in [0.05, 0.1) is 9.75 Å². The molecule has 0 spiro atoms. The highest BCUT2D eigenvalue weighted by Crippen LogP contribution is 2.17. The van der Waals surface area contributed by atoms with Crippen molar-refractivity contribution in [2.24, 2.45) is 0 Å². The average molecular weight is 367 g/mol. The van der Waals surface area contributed by atoms with Gasteiger partial charge in [0.1, 0.15) is 0 Å². The second kappa shape index (κ2) is 8.81. The molecule has 0 aliphatic rings. The van der Waals surface area contributed by atoms with Gasteiger partial charge in [-0.1, -0.05) is 47.7 Å². The van der Waals surface area contributed by atoms with E-state index in [-0.39, 0.29) is 0 Å². The fourth-order valence-electron chi connectivity index (χ4n) is 2.24. The van der Waals surface area contributed by atoms with Crippen LogP contribution in [0.5, 0.6) is 0 Å². The van der Waals surface area contributed by atoms with Crippen LogP contribution in [-0.4, -0.2) is 0 Å². The summed E-state index contributed by atoms with van der Waals surface area (Å²) >= 11 is 3.25. The topological polar surface area (TPSA) is 0 Å². The standard InChI is InChI=1S/C24H14S2/c1-3-7-19-17-22(12-14-24-10-6-16-26-24)20(8-4-2)18-21(19)11-13-23-9-5-15-25-23/h5-6,9-10,15-18H,1-2H3. The molecule has 0 saturated heterocycles. The van der Waals surface area contributed by atoms with Gasteiger partial charge in [-0.3, -0.25) is 0 Å². The fraction of sp³-hybridized carbons (Fsp3) is 0.0833. The maximum absolute atomic E-state index is 3.24. The van der Waals surface area contributed by atoms with Gasteiger partial charge in [0, 0.05) is 22.3 Å². The van der Waals surface area contributed by atoms with Crippen LogP contribution in [0.2, 0.25) is 0 Å². The predicted molar refractivity (Wildman–Crippen MR) is 112 cm³/mol. The molecule has 1 aromatic carbocycles. The molecule has 2 heterocycles. The Balaban J connectivity index is 2.11. The van der Waals surface area contributed by atoms with Gasteiger partial charge in [0.15, 0.2) is 0 Å². The SMILES string of the molecule is CC#Cc1cc(C#Cc2cccs2)c(C#CC)cc1C#Cc1cccs1. The van der Waals surface area contributed by atoms with Crippen LogP contribution >= 0.6 is 22.7 Å². The smallest absolute Gasteiger partial charge is 0.0772 e. The van der Waals surface area contributed by atoms with Gasteiger partial charge in [-0.25, -0.2) is 0 Å². The minimum Gasteiger partial charge on any atom is -0.135 e. The molecule has 0 atom stereocenters. The van der Waals surface area contributed by atoms with Crippen molar-refractivity contribution in [1.82, 2.24) is 0 Å². The maximum Gasteiger partial charge on any atom is 0.0772 e. The first-order valence-corrected chi connectivity index (χ1v) is 9.70. The van der Waals surface area contributed by atoms with E-state index in [2.05, 4.69) is 47.4 Å². The normalized spacial score (nSPS) is 8.69. The third kappa shape index (κ3) is 4.48. The second-order valence-corrected chi connectivity index (χ2v) is 7.04. The number of rotatable bonds is 0. The number of benzene rings is 1. The molecular weight excluding hydrogens is 352 g/mol. The van der Waals surface area contributed by atoms with Gasteiger partial charge < -0.3 is 0 Å². The predicted octanol–water partition coefficient (Wildman–Crippen LogP) is 5.35. The molecule has 2 aromatic heterocycles. The summed E-state index contributed by atoms with van der Waals surface area (Å²) in [5.74, 6) is 25.1. The minimum atomic E-state index is 0.882. The molecule has 0 saturated carbocycles. The molecule has 0 N–H and O–H groups in total. The zero-order valence-electron chi connectivity index (χ0n) is 14.4. The summed E-state index contributed by atoms with van der Waals surface area (Å²) in [6.45, 7) is 3.65. The first kappa shape index (κ1) is 17.7. The largest absolute Gasteiger partial charge is 0.135 e. The third-order valence-corrected chi connectivity index (χ3v) is 4.93. The van der Waals surface area contributed by atoms with E-state index in [9.17, 15) is 0 Å². The van der Waals surface area contributed by atoms with Crippen LogP contribution in [0.4, 0.5) is 0 Å². The highest BCUT2D eigenvalue weighted by atomic mass is 32.1. The Morgan fingerprint density at radius 2 is 1.00 bits per heavy atom. The molecule has 3 rings (SSSR count). The lowest BCUT2D eigenvalue weighted by molar-refractivity contribution is 1.51. The van der Waals surface area contributed by atoms with Crippen molar-refractivity contribution in [2.45, 2.75) is 13.8 Å². The molecule has 0 radical (unpaired) electrons. The van der Waals surface area contributed by atoms with E-state index in [1.165, 1.54) is 0 Å². The Labute approximate surface area is 162 Å². The van der Waals surface area contributed by atoms with Crippen molar-refractivity contribution in [3.63, 3.8) is 0 Å². The Bertz CT molecular complexity index is 1050. The molecular formula is C24H14S2. The van der Waals surface area contributed by atoms with E-state index >= 15 is 0 Å². The summed E-state index contributed by atoms with van der Waals surface area (Å²) in [6, 6.07) is 12.0. The lowest BCUT2D eigenvalue weighted by Crippen LogP contribution is -1.92. The molecule has 26 heavy (non-hydrogen) atoms. The van der Waals surface area contributed by atoms with E-state index in [1.807, 2.05) is 61.0 Å². The maximum atomic E-state index is 3.24. The van der Waals surface area contributed by atoms with E-state index in [0.717, 1.165) is 32.0 Å². The number of hydrogen-bond donors (Lipinski definition) is 0. The van der Waals surface area contributed by atoms with Crippen LogP contribution < -0.4 is 0 Å². The minimum absolute atomic E-state index is 0.882. The quantitative estimate of drug-likeness (QED) is 0.470. The highest BCUT2D eigenvalue weighted by Gasteiger charge is 2.05. The van der Waals surface area contributed by atoms with Crippen molar-refractivity contribution < 1.29 is 0 Å². The summed E-state index contributed by atoms with van der Waals surface area (Å²) in [5, 5.41) is 4.04. The lowest BCUT2D eigenvalue weighted by Gasteiger charge is -2.03. The monoisotopic (exact) mass is 366 g/mol. The van der Waals surface area contributed by atoms with Gasteiger partial charge in [-0.2, -0.15) is 0 Å². The third-order valence-electron chi connectivity index (χ3n) is 3.36. The molecule has 0 unspecified atom stereocenters. The molecule has 122 valence electrons. The molecule has 0 fully saturated rings. The van der Waals surface area contributed by atoms with Crippen molar-refractivity contribution in [1.29, 1.82) is 0 Å². The first-order valence-electron chi connectivity index (χ1n) is 7.95. The molecule has 0 aliphatic heterocycles. The summed E-state index contributed by atoms with van der Waals surface area (Å²) in [7, 11) is 0. The van der Waals surface area contributed by atoms with Crippen molar-refractivity contribution in [2.75, 3.05) is 0 Å². The zero-order chi connectivity index (χ0) is 18.2. The average Bonchev–Trinajstić information content (AvgIpc) is 3.34. The second-order valence-electron chi connectivity index (χ2n) is 5.15. The first-order chi connectivity index (χ1) is 12.8. The Morgan fingerprint density at radius 1 is 0.577 bits per heavy atom. The Kier molecular flexibility index (Phi) is 5.99. The van der Waals surface area contributed by atoms with Crippen molar-refractivity contribution in [3.05, 3.63) is 79.2 Å². The van der Waals surface area contributed by atoms with Crippen LogP contribution in [0.15, 0.2) is 47.2 Å². The molecule has 0 aliphatic carbocycles. The van der Waals surface area contributed by atoms with Crippen LogP contribution in [0.3, 0.4) is 0 Å². The fourth-order valence-corrected chi connectivity index (χ4v) is 3.38. The van der Waals surface area contributed by atoms with Crippen LogP contribution in [0.1, 0.15) is 45.9 Å². The number of hydrogen-bond acceptors (Lipinski definition) is 2. The van der Waals surface area contributed by atoms with Gasteiger partial charge >= 0.3 is 0 Å². The van der Waals surface area contributed by atoms with Crippen molar-refractivity contribution in [3.8, 4) is 47.4 Å². The summed E-state index contributed by atoms with van der Waals surface area (Å²) < 4.78 is 0. The van der Waals surface area contributed by atoms with Gasteiger partial charge in [-0.05, 0) is 48.9 Å².